The van der Waals surface area contributed by atoms with Crippen LogP contribution in [0.4, 0.5) is 0 Å². The third-order valence-corrected chi connectivity index (χ3v) is 7.37. The third-order valence-electron chi connectivity index (χ3n) is 4.45. The van der Waals surface area contributed by atoms with Gasteiger partial charge >= 0.3 is 0 Å². The Labute approximate surface area is 145 Å². The number of hydrogen-bond acceptors (Lipinski definition) is 1. The van der Waals surface area contributed by atoms with Crippen LogP contribution in [0.15, 0.2) is 72.8 Å². The predicted molar refractivity (Wildman–Crippen MR) is 104 cm³/mol. The molecule has 3 rings (SSSR count). The summed E-state index contributed by atoms with van der Waals surface area (Å²) in [4.78, 5) is 13.6. The summed E-state index contributed by atoms with van der Waals surface area (Å²) < 4.78 is 0. The molecule has 0 saturated heterocycles. The van der Waals surface area contributed by atoms with Gasteiger partial charge in [-0.05, 0) is 42.3 Å². The zero-order valence-corrected chi connectivity index (χ0v) is 15.6. The highest BCUT2D eigenvalue weighted by Gasteiger charge is 2.28. The van der Waals surface area contributed by atoms with E-state index < -0.39 is 8.80 Å². The second-order valence-electron chi connectivity index (χ2n) is 6.39. The lowest BCUT2D eigenvalue weighted by atomic mass is 10.0. The maximum atomic E-state index is 13.6. The summed E-state index contributed by atoms with van der Waals surface area (Å²) in [6.07, 6.45) is 0. The SMILES string of the molecule is Cc1cc(C)c(C(=O)[SiH](c2ccccc2)c2ccccc2)c(C)c1. The van der Waals surface area contributed by atoms with Gasteiger partial charge in [0.2, 0.25) is 0 Å². The minimum absolute atomic E-state index is 0.308. The van der Waals surface area contributed by atoms with Crippen molar-refractivity contribution in [3.63, 3.8) is 0 Å². The lowest BCUT2D eigenvalue weighted by Gasteiger charge is -2.18. The molecule has 3 aromatic carbocycles. The fraction of sp³-hybridized carbons (Fsp3) is 0.136. The minimum atomic E-state index is -1.98. The van der Waals surface area contributed by atoms with Crippen LogP contribution in [0.25, 0.3) is 0 Å². The van der Waals surface area contributed by atoms with E-state index in [9.17, 15) is 4.79 Å². The first kappa shape index (κ1) is 16.4. The molecule has 0 aliphatic carbocycles. The molecule has 0 saturated carbocycles. The highest BCUT2D eigenvalue weighted by Crippen LogP contribution is 2.18. The second-order valence-corrected chi connectivity index (χ2v) is 9.12. The Morgan fingerprint density at radius 2 is 1.12 bits per heavy atom. The second kappa shape index (κ2) is 6.98. The fourth-order valence-electron chi connectivity index (χ4n) is 3.50. The molecule has 0 atom stereocenters. The lowest BCUT2D eigenvalue weighted by Crippen LogP contribution is -2.49. The van der Waals surface area contributed by atoms with Crippen LogP contribution in [0, 0.1) is 20.8 Å². The van der Waals surface area contributed by atoms with Gasteiger partial charge in [-0.2, -0.15) is 0 Å². The largest absolute Gasteiger partial charge is 0.300 e. The van der Waals surface area contributed by atoms with E-state index in [0.29, 0.717) is 5.41 Å². The van der Waals surface area contributed by atoms with Gasteiger partial charge in [0.05, 0.1) is 0 Å². The van der Waals surface area contributed by atoms with E-state index in [-0.39, 0.29) is 0 Å². The maximum Gasteiger partial charge on any atom is 0.184 e. The quantitative estimate of drug-likeness (QED) is 0.670. The first-order valence-electron chi connectivity index (χ1n) is 8.30. The number of carbonyl (C=O) groups is 1. The predicted octanol–water partition coefficient (Wildman–Crippen LogP) is 3.38. The van der Waals surface area contributed by atoms with E-state index in [1.165, 1.54) is 15.9 Å². The van der Waals surface area contributed by atoms with E-state index in [1.807, 2.05) is 36.4 Å². The van der Waals surface area contributed by atoms with Crippen molar-refractivity contribution in [2.75, 3.05) is 0 Å². The van der Waals surface area contributed by atoms with E-state index in [1.54, 1.807) is 0 Å². The lowest BCUT2D eigenvalue weighted by molar-refractivity contribution is 0.107. The molecule has 0 heterocycles. The highest BCUT2D eigenvalue weighted by molar-refractivity contribution is 7.09. The molecule has 1 nitrogen and oxygen atoms in total. The first-order valence-corrected chi connectivity index (χ1v) is 10.0. The third kappa shape index (κ3) is 3.24. The summed E-state index contributed by atoms with van der Waals surface area (Å²) in [7, 11) is -1.98. The van der Waals surface area contributed by atoms with Crippen molar-refractivity contribution in [1.29, 1.82) is 0 Å². The van der Waals surface area contributed by atoms with Crippen molar-refractivity contribution in [1.82, 2.24) is 0 Å². The van der Waals surface area contributed by atoms with Gasteiger partial charge in [0.15, 0.2) is 8.80 Å². The molecular weight excluding hydrogens is 308 g/mol. The van der Waals surface area contributed by atoms with Gasteiger partial charge < -0.3 is 0 Å². The standard InChI is InChI=1S/C22H22OSi/c1-16-14-17(2)21(18(3)15-16)22(23)24(19-10-6-4-7-11-19)20-12-8-5-9-13-20/h4-15,24H,1-3H3. The molecular formula is C22H22OSi. The van der Waals surface area contributed by atoms with Gasteiger partial charge in [-0.1, -0.05) is 78.4 Å². The number of aryl methyl sites for hydroxylation is 3. The molecule has 0 unspecified atom stereocenters. The first-order chi connectivity index (χ1) is 11.6. The van der Waals surface area contributed by atoms with E-state index in [4.69, 9.17) is 0 Å². The van der Waals surface area contributed by atoms with Crippen molar-refractivity contribution >= 4 is 24.6 Å². The summed E-state index contributed by atoms with van der Waals surface area (Å²) in [6.45, 7) is 6.18. The van der Waals surface area contributed by atoms with E-state index in [2.05, 4.69) is 57.2 Å². The molecule has 0 N–H and O–H groups in total. The zero-order chi connectivity index (χ0) is 17.1. The van der Waals surface area contributed by atoms with Crippen LogP contribution >= 0.6 is 0 Å². The smallest absolute Gasteiger partial charge is 0.184 e. The maximum absolute atomic E-state index is 13.6. The van der Waals surface area contributed by atoms with Crippen molar-refractivity contribution in [2.24, 2.45) is 0 Å². The van der Waals surface area contributed by atoms with Gasteiger partial charge in [0.25, 0.3) is 0 Å². The zero-order valence-electron chi connectivity index (χ0n) is 14.4. The molecule has 0 spiro atoms. The summed E-state index contributed by atoms with van der Waals surface area (Å²) in [6, 6.07) is 24.7. The van der Waals surface area contributed by atoms with Crippen molar-refractivity contribution in [3.8, 4) is 0 Å². The molecule has 3 aromatic rings. The Morgan fingerprint density at radius 3 is 1.54 bits per heavy atom. The van der Waals surface area contributed by atoms with Crippen LogP contribution < -0.4 is 10.4 Å². The molecule has 0 radical (unpaired) electrons. The topological polar surface area (TPSA) is 17.1 Å². The van der Waals surface area contributed by atoms with Gasteiger partial charge in [-0.3, -0.25) is 4.79 Å². The Morgan fingerprint density at radius 1 is 0.708 bits per heavy atom. The summed E-state index contributed by atoms with van der Waals surface area (Å²) in [5.74, 6) is 0. The molecule has 0 aromatic heterocycles. The van der Waals surface area contributed by atoms with Crippen LogP contribution in [0.3, 0.4) is 0 Å². The molecule has 0 fully saturated rings. The van der Waals surface area contributed by atoms with Gasteiger partial charge in [-0.25, -0.2) is 0 Å². The normalized spacial score (nSPS) is 10.8. The van der Waals surface area contributed by atoms with Crippen molar-refractivity contribution < 1.29 is 4.79 Å². The average Bonchev–Trinajstić information content (AvgIpc) is 2.56. The molecule has 24 heavy (non-hydrogen) atoms. The highest BCUT2D eigenvalue weighted by atomic mass is 28.3. The summed E-state index contributed by atoms with van der Waals surface area (Å²) >= 11 is 0. The Hall–Kier alpha value is -2.45. The van der Waals surface area contributed by atoms with Crippen molar-refractivity contribution in [2.45, 2.75) is 20.8 Å². The molecule has 0 bridgehead atoms. The Kier molecular flexibility index (Phi) is 4.77. The number of carbonyl (C=O) groups excluding carboxylic acids is 1. The number of benzene rings is 3. The van der Waals surface area contributed by atoms with Gasteiger partial charge in [0, 0.05) is 5.56 Å². The molecule has 120 valence electrons. The van der Waals surface area contributed by atoms with Crippen LogP contribution in [0.2, 0.25) is 0 Å². The molecule has 0 amide bonds. The van der Waals surface area contributed by atoms with E-state index >= 15 is 0 Å². The number of hydrogen-bond donors (Lipinski definition) is 0. The van der Waals surface area contributed by atoms with Crippen LogP contribution in [0.5, 0.6) is 0 Å². The molecule has 0 aliphatic heterocycles. The fourth-order valence-corrected chi connectivity index (χ4v) is 6.45. The number of rotatable bonds is 4. The average molecular weight is 331 g/mol. The molecule has 0 aliphatic rings. The van der Waals surface area contributed by atoms with E-state index in [0.717, 1.165) is 16.7 Å². The van der Waals surface area contributed by atoms with Crippen LogP contribution in [-0.2, 0) is 0 Å². The Balaban J connectivity index is 2.15. The summed E-state index contributed by atoms with van der Waals surface area (Å²) in [5.41, 5.74) is 4.29. The van der Waals surface area contributed by atoms with Gasteiger partial charge in [0.1, 0.15) is 5.41 Å². The molecule has 2 heteroatoms. The minimum Gasteiger partial charge on any atom is -0.300 e. The van der Waals surface area contributed by atoms with Crippen LogP contribution in [-0.4, -0.2) is 14.2 Å². The monoisotopic (exact) mass is 330 g/mol. The van der Waals surface area contributed by atoms with Crippen LogP contribution in [0.1, 0.15) is 27.0 Å². The summed E-state index contributed by atoms with van der Waals surface area (Å²) in [5, 5.41) is 2.66. The van der Waals surface area contributed by atoms with Crippen molar-refractivity contribution in [3.05, 3.63) is 95.1 Å². The van der Waals surface area contributed by atoms with Gasteiger partial charge in [-0.15, -0.1) is 0 Å². The Bertz CT molecular complexity index is 791.